The number of rotatable bonds is 11. The molecule has 0 atom stereocenters. The number of likely N-dealkylation sites (tertiary alicyclic amines) is 2. The summed E-state index contributed by atoms with van der Waals surface area (Å²) < 4.78 is 166. The summed E-state index contributed by atoms with van der Waals surface area (Å²) in [6.07, 6.45) is -10.9. The molecule has 0 radical (unpaired) electrons. The minimum Gasteiger partial charge on any atom is -0.343 e. The quantitative estimate of drug-likeness (QED) is 0.0301. The minimum atomic E-state index is -5.17. The van der Waals surface area contributed by atoms with Crippen molar-refractivity contribution in [1.82, 2.24) is 24.8 Å². The molecule has 2 aliphatic rings. The summed E-state index contributed by atoms with van der Waals surface area (Å²) in [6.45, 7) is 18.2. The maximum atomic E-state index is 12.7. The minimum absolute atomic E-state index is 0.0255. The monoisotopic (exact) mass is 1480 g/mol. The number of non-ortho nitro benzene ring substituents is 2. The summed E-state index contributed by atoms with van der Waals surface area (Å²) in [5.74, 6) is -12.3. The molecule has 2 aliphatic heterocycles. The van der Waals surface area contributed by atoms with Gasteiger partial charge in [-0.2, -0.15) is 39.5 Å². The summed E-state index contributed by atoms with van der Waals surface area (Å²) in [5.41, 5.74) is 2.96. The van der Waals surface area contributed by atoms with Gasteiger partial charge in [0.25, 0.3) is 16.9 Å². The van der Waals surface area contributed by atoms with E-state index in [1.165, 1.54) is 41.6 Å². The summed E-state index contributed by atoms with van der Waals surface area (Å²) in [7, 11) is 0. The van der Waals surface area contributed by atoms with E-state index < -0.39 is 71.9 Å². The van der Waals surface area contributed by atoms with Gasteiger partial charge >= 0.3 is 18.5 Å². The molecular formula is C62H70Cl5F14N7O8. The van der Waals surface area contributed by atoms with Gasteiger partial charge in [-0.1, -0.05) is 141 Å². The second-order valence-electron chi connectivity index (χ2n) is 19.6. The molecule has 534 valence electrons. The Morgan fingerprint density at radius 3 is 1.32 bits per heavy atom. The first-order valence-corrected chi connectivity index (χ1v) is 31.2. The number of carbonyl (C=O) groups excluding carboxylic acids is 3. The molecule has 34 heteroatoms. The predicted molar refractivity (Wildman–Crippen MR) is 341 cm³/mol. The average Bonchev–Trinajstić information content (AvgIpc) is 1.05. The van der Waals surface area contributed by atoms with Gasteiger partial charge in [-0.05, 0) is 94.5 Å². The molecule has 2 fully saturated rings. The highest BCUT2D eigenvalue weighted by Crippen LogP contribution is 2.44. The van der Waals surface area contributed by atoms with Crippen molar-refractivity contribution in [3.63, 3.8) is 0 Å². The van der Waals surface area contributed by atoms with Gasteiger partial charge < -0.3 is 4.90 Å². The summed E-state index contributed by atoms with van der Waals surface area (Å²) in [5, 5.41) is 30.3. The van der Waals surface area contributed by atoms with Gasteiger partial charge in [0.05, 0.1) is 40.3 Å². The SMILES string of the molecule is CCC(C(F)(F)F)C(F)(F)F.CCCC(F)(F)F.CCN1C(=O)CCC1=O.CCN1CCCC1=O.CCc1c(Cl)c(Cl)c(Cl)c(Cl)c1Cl.CCc1c(F)c(F)c(F)c(F)c1F.CCc1ccc([N+](=O)[O-])cc1.CCc1cccc([N+](=O)[O-])c1.CCn1nnc2ccccc2c1=O. The Hall–Kier alpha value is -6.95. The average molecular weight is 1480 g/mol. The van der Waals surface area contributed by atoms with Crippen LogP contribution in [0, 0.1) is 55.2 Å². The van der Waals surface area contributed by atoms with Crippen LogP contribution >= 0.6 is 58.0 Å². The maximum absolute atomic E-state index is 12.7. The summed E-state index contributed by atoms with van der Waals surface area (Å²) >= 11 is 29.3. The molecule has 0 unspecified atom stereocenters. The first kappa shape index (κ1) is 89.0. The van der Waals surface area contributed by atoms with Crippen molar-refractivity contribution in [2.75, 3.05) is 19.6 Å². The number of hydrogen-bond donors (Lipinski definition) is 0. The number of halogens is 19. The van der Waals surface area contributed by atoms with Crippen molar-refractivity contribution < 1.29 is 85.7 Å². The molecule has 1 aromatic heterocycles. The number of fused-ring (bicyclic) bond motifs is 1. The number of benzene rings is 5. The third-order valence-electron chi connectivity index (χ3n) is 13.1. The molecule has 96 heavy (non-hydrogen) atoms. The number of carbonyl (C=O) groups is 3. The predicted octanol–water partition coefficient (Wildman–Crippen LogP) is 19.9. The molecule has 5 aromatic carbocycles. The van der Waals surface area contributed by atoms with Crippen molar-refractivity contribution in [2.24, 2.45) is 5.92 Å². The summed E-state index contributed by atoms with van der Waals surface area (Å²) in [4.78, 5) is 66.7. The topological polar surface area (TPSA) is 192 Å². The van der Waals surface area contributed by atoms with Crippen LogP contribution in [0.1, 0.15) is 130 Å². The number of imide groups is 1. The number of hydrogen-bond acceptors (Lipinski definition) is 10. The Bertz CT molecular complexity index is 3390. The van der Waals surface area contributed by atoms with E-state index in [-0.39, 0.29) is 66.5 Å². The van der Waals surface area contributed by atoms with E-state index >= 15 is 0 Å². The van der Waals surface area contributed by atoms with Gasteiger partial charge in [-0.25, -0.2) is 26.6 Å². The standard InChI is InChI=1S/C9H9N3O.C8H5Cl5.C8H5F5.2C8H9NO2.C6H9NO2.C6H11NO.C5H6F6.C4H7F3/c1-2-12-9(13)7-5-3-4-6-8(7)10-11-12;2*1-2-3-4(9)6(11)8(13)7(12)5(3)10;1-2-7-3-5-8(6-4-7)9(10)11;1-2-7-4-3-5-8(6-7)9(10)11;1-2-7-5(8)3-4-6(7)9;1-2-7-5-3-4-6(7)8;1-2-3(4(6,7)8)5(9,10)11;1-2-3-4(5,6)7/h3-6H,2H2,1H3;2*2H2,1H3;2*3-6H,2H2,1H3;2-4H2,1H3;2-5H2,1H3;3H,2H2,1H3;2-3H2,1H3. The Kier molecular flexibility index (Phi) is 40.2. The zero-order valence-electron chi connectivity index (χ0n) is 53.2. The Morgan fingerprint density at radius 1 is 0.521 bits per heavy atom. The van der Waals surface area contributed by atoms with Gasteiger partial charge in [-0.15, -0.1) is 5.10 Å². The van der Waals surface area contributed by atoms with Gasteiger partial charge in [0.15, 0.2) is 23.3 Å². The van der Waals surface area contributed by atoms with Crippen LogP contribution < -0.4 is 5.56 Å². The number of nitro groups is 2. The number of nitro benzene ring substituents is 2. The Balaban J connectivity index is 0.00000106. The normalized spacial score (nSPS) is 12.5. The van der Waals surface area contributed by atoms with Crippen LogP contribution in [0.15, 0.2) is 77.6 Å². The number of amides is 3. The second-order valence-corrected chi connectivity index (χ2v) is 21.5. The fraction of sp³-hybridized carbons (Fsp3) is 0.452. The molecule has 0 N–H and O–H groups in total. The third kappa shape index (κ3) is 29.4. The van der Waals surface area contributed by atoms with Crippen LogP contribution in [-0.2, 0) is 46.6 Å². The molecule has 3 heterocycles. The third-order valence-corrected chi connectivity index (χ3v) is 15.4. The van der Waals surface area contributed by atoms with E-state index in [0.717, 1.165) is 62.4 Å². The Morgan fingerprint density at radius 2 is 0.990 bits per heavy atom. The van der Waals surface area contributed by atoms with Crippen molar-refractivity contribution in [3.05, 3.63) is 180 Å². The molecule has 2 saturated heterocycles. The van der Waals surface area contributed by atoms with Crippen LogP contribution in [-0.4, -0.2) is 90.5 Å². The highest BCUT2D eigenvalue weighted by molar-refractivity contribution is 6.55. The van der Waals surface area contributed by atoms with Crippen molar-refractivity contribution in [3.8, 4) is 0 Å². The van der Waals surface area contributed by atoms with Crippen LogP contribution in [0.3, 0.4) is 0 Å². The largest absolute Gasteiger partial charge is 0.400 e. The first-order chi connectivity index (χ1) is 44.7. The van der Waals surface area contributed by atoms with Crippen LogP contribution in [0.5, 0.6) is 0 Å². The second kappa shape index (κ2) is 43.4. The molecule has 0 aliphatic carbocycles. The lowest BCUT2D eigenvalue weighted by Crippen LogP contribution is -2.35. The van der Waals surface area contributed by atoms with Crippen LogP contribution in [0.2, 0.25) is 25.1 Å². The molecule has 0 spiro atoms. The van der Waals surface area contributed by atoms with E-state index in [1.807, 2.05) is 57.7 Å². The van der Waals surface area contributed by atoms with Gasteiger partial charge in [0, 0.05) is 81.7 Å². The lowest BCUT2D eigenvalue weighted by atomic mass is 10.1. The first-order valence-electron chi connectivity index (χ1n) is 29.3. The zero-order valence-corrected chi connectivity index (χ0v) is 57.0. The molecule has 0 bridgehead atoms. The van der Waals surface area contributed by atoms with Gasteiger partial charge in [0.2, 0.25) is 23.5 Å². The molecule has 3 amide bonds. The lowest BCUT2D eigenvalue weighted by molar-refractivity contribution is -0.385. The highest BCUT2D eigenvalue weighted by atomic mass is 35.5. The van der Waals surface area contributed by atoms with Crippen LogP contribution in [0.25, 0.3) is 10.9 Å². The smallest absolute Gasteiger partial charge is 0.343 e. The van der Waals surface area contributed by atoms with Gasteiger partial charge in [0.1, 0.15) is 11.4 Å². The van der Waals surface area contributed by atoms with E-state index in [1.54, 1.807) is 43.3 Å². The zero-order chi connectivity index (χ0) is 74.2. The van der Waals surface area contributed by atoms with E-state index in [9.17, 15) is 101 Å². The van der Waals surface area contributed by atoms with Gasteiger partial charge in [-0.3, -0.25) is 44.3 Å². The number of aryl methyl sites for hydroxylation is 3. The van der Waals surface area contributed by atoms with E-state index in [0.29, 0.717) is 59.2 Å². The van der Waals surface area contributed by atoms with Crippen molar-refractivity contribution in [2.45, 2.75) is 158 Å². The molecule has 8 rings (SSSR count). The molecule has 6 aromatic rings. The van der Waals surface area contributed by atoms with Crippen molar-refractivity contribution >= 4 is 98.0 Å². The maximum Gasteiger partial charge on any atom is 0.400 e. The molecule has 15 nitrogen and oxygen atoms in total. The number of aromatic nitrogens is 3. The fourth-order valence-electron chi connectivity index (χ4n) is 7.84. The summed E-state index contributed by atoms with van der Waals surface area (Å²) in [6, 6.07) is 20.5. The molecule has 0 saturated carbocycles. The lowest BCUT2D eigenvalue weighted by Gasteiger charge is -2.20. The van der Waals surface area contributed by atoms with Crippen molar-refractivity contribution in [1.29, 1.82) is 0 Å². The Labute approximate surface area is 569 Å². The molecular weight excluding hydrogens is 1410 g/mol. The number of alkyl halides is 9. The highest BCUT2D eigenvalue weighted by Gasteiger charge is 2.55. The van der Waals surface area contributed by atoms with Crippen LogP contribution in [0.4, 0.5) is 72.8 Å². The van der Waals surface area contributed by atoms with E-state index in [2.05, 4.69) is 10.3 Å². The van der Waals surface area contributed by atoms with E-state index in [4.69, 9.17) is 58.0 Å². The fourth-order valence-corrected chi connectivity index (χ4v) is 9.29. The number of nitrogens with zero attached hydrogens (tertiary/aromatic N) is 7.